The molecule has 0 amide bonds. The van der Waals surface area contributed by atoms with Crippen LogP contribution in [-0.4, -0.2) is 10.1 Å². The Bertz CT molecular complexity index is 475. The molecule has 1 heterocycles. The fraction of sp³-hybridized carbons (Fsp3) is 0.125. The number of oxazole rings is 1. The van der Waals surface area contributed by atoms with E-state index in [4.69, 9.17) is 44.3 Å². The van der Waals surface area contributed by atoms with Crippen molar-refractivity contribution in [1.82, 2.24) is 4.98 Å². The quantitative estimate of drug-likeness (QED) is 0.731. The van der Waals surface area contributed by atoms with Crippen LogP contribution in [0.4, 0.5) is 0 Å². The number of aromatic hydroxyl groups is 1. The lowest BCUT2D eigenvalue weighted by atomic mass is 10.3. The van der Waals surface area contributed by atoms with Crippen LogP contribution in [0.25, 0.3) is 11.1 Å². The van der Waals surface area contributed by atoms with Crippen LogP contribution in [0.5, 0.6) is 5.75 Å². The molecule has 1 N–H and O–H groups in total. The summed E-state index contributed by atoms with van der Waals surface area (Å²) in [4.78, 5) is 3.95. The van der Waals surface area contributed by atoms with Crippen molar-refractivity contribution < 1.29 is 9.52 Å². The molecule has 0 spiro atoms. The number of benzene rings is 1. The molecule has 0 aliphatic carbocycles. The van der Waals surface area contributed by atoms with E-state index in [0.717, 1.165) is 0 Å². The zero-order valence-electron chi connectivity index (χ0n) is 6.67. The number of phenolic OH excluding ortho intramolecular Hbond substituents is 1. The highest BCUT2D eigenvalue weighted by Crippen LogP contribution is 2.39. The van der Waals surface area contributed by atoms with Gasteiger partial charge in [-0.2, -0.15) is 0 Å². The monoisotopic (exact) mass is 251 g/mol. The Morgan fingerprint density at radius 1 is 1.29 bits per heavy atom. The van der Waals surface area contributed by atoms with Crippen molar-refractivity contribution >= 4 is 45.9 Å². The fourth-order valence-corrected chi connectivity index (χ4v) is 1.28. The summed E-state index contributed by atoms with van der Waals surface area (Å²) in [5.74, 6) is 0.0626. The van der Waals surface area contributed by atoms with Crippen molar-refractivity contribution in [2.75, 3.05) is 0 Å². The molecule has 0 aliphatic heterocycles. The number of aromatic nitrogens is 1. The first-order valence-corrected chi connectivity index (χ1v) is 4.77. The third-order valence-electron chi connectivity index (χ3n) is 1.61. The van der Waals surface area contributed by atoms with Crippen molar-refractivity contribution in [3.8, 4) is 5.75 Å². The van der Waals surface area contributed by atoms with Crippen LogP contribution >= 0.6 is 34.8 Å². The molecule has 0 atom stereocenters. The number of hydrogen-bond donors (Lipinski definition) is 1. The molecule has 3 nitrogen and oxygen atoms in total. The molecular formula is C8H4Cl3NO2. The van der Waals surface area contributed by atoms with Gasteiger partial charge in [0.15, 0.2) is 5.58 Å². The topological polar surface area (TPSA) is 46.3 Å². The van der Waals surface area contributed by atoms with Gasteiger partial charge in [0, 0.05) is 6.07 Å². The molecule has 0 saturated heterocycles. The smallest absolute Gasteiger partial charge is 0.266 e. The van der Waals surface area contributed by atoms with Crippen molar-refractivity contribution in [3.05, 3.63) is 24.1 Å². The predicted molar refractivity (Wildman–Crippen MR) is 54.9 cm³/mol. The van der Waals surface area contributed by atoms with Gasteiger partial charge in [-0.15, -0.1) is 0 Å². The lowest BCUT2D eigenvalue weighted by molar-refractivity contribution is 0.473. The number of hydrogen-bond acceptors (Lipinski definition) is 3. The second kappa shape index (κ2) is 3.19. The van der Waals surface area contributed by atoms with Crippen molar-refractivity contribution in [2.24, 2.45) is 0 Å². The number of rotatable bonds is 0. The minimum atomic E-state index is -1.69. The second-order valence-electron chi connectivity index (χ2n) is 2.67. The van der Waals surface area contributed by atoms with E-state index in [1.165, 1.54) is 12.1 Å². The molecule has 6 heteroatoms. The summed E-state index contributed by atoms with van der Waals surface area (Å²) in [6.45, 7) is 0. The summed E-state index contributed by atoms with van der Waals surface area (Å²) in [6, 6.07) is 4.46. The zero-order valence-corrected chi connectivity index (χ0v) is 8.94. The van der Waals surface area contributed by atoms with Crippen LogP contribution in [-0.2, 0) is 3.79 Å². The molecule has 2 aromatic rings. The van der Waals surface area contributed by atoms with Gasteiger partial charge in [0.1, 0.15) is 11.3 Å². The number of fused-ring (bicyclic) bond motifs is 1. The number of phenols is 1. The van der Waals surface area contributed by atoms with Crippen molar-refractivity contribution in [1.29, 1.82) is 0 Å². The zero-order chi connectivity index (χ0) is 10.3. The summed E-state index contributed by atoms with van der Waals surface area (Å²) in [5, 5.41) is 9.16. The van der Waals surface area contributed by atoms with Gasteiger partial charge in [0.25, 0.3) is 3.79 Å². The molecule has 0 bridgehead atoms. The standard InChI is InChI=1S/C8H4Cl3NO2/c9-8(10,11)7-12-5-2-1-4(13)3-6(5)14-7/h1-3,13H. The lowest BCUT2D eigenvalue weighted by Crippen LogP contribution is -1.99. The van der Waals surface area contributed by atoms with E-state index in [2.05, 4.69) is 4.98 Å². The van der Waals surface area contributed by atoms with Crippen LogP contribution in [0.15, 0.2) is 22.6 Å². The van der Waals surface area contributed by atoms with E-state index >= 15 is 0 Å². The summed E-state index contributed by atoms with van der Waals surface area (Å²) in [7, 11) is 0. The number of halogens is 3. The largest absolute Gasteiger partial charge is 0.508 e. The SMILES string of the molecule is Oc1ccc2nc(C(Cl)(Cl)Cl)oc2c1. The van der Waals surface area contributed by atoms with Crippen LogP contribution in [0.3, 0.4) is 0 Å². The second-order valence-corrected chi connectivity index (χ2v) is 4.95. The summed E-state index contributed by atoms with van der Waals surface area (Å²) < 4.78 is 3.46. The fourth-order valence-electron chi connectivity index (χ4n) is 1.03. The molecule has 2 rings (SSSR count). The third kappa shape index (κ3) is 1.75. The summed E-state index contributed by atoms with van der Waals surface area (Å²) in [6.07, 6.45) is 0. The van der Waals surface area contributed by atoms with Crippen LogP contribution in [0, 0.1) is 0 Å². The van der Waals surface area contributed by atoms with Gasteiger partial charge in [0.05, 0.1) is 0 Å². The van der Waals surface area contributed by atoms with Gasteiger partial charge in [-0.25, -0.2) is 4.98 Å². The Morgan fingerprint density at radius 3 is 2.64 bits per heavy atom. The van der Waals surface area contributed by atoms with Crippen LogP contribution in [0.2, 0.25) is 0 Å². The van der Waals surface area contributed by atoms with E-state index in [1.807, 2.05) is 0 Å². The van der Waals surface area contributed by atoms with Crippen LogP contribution in [0.1, 0.15) is 5.89 Å². The first-order valence-electron chi connectivity index (χ1n) is 3.63. The molecule has 14 heavy (non-hydrogen) atoms. The molecule has 0 radical (unpaired) electrons. The average Bonchev–Trinajstić information content (AvgIpc) is 2.45. The Labute approximate surface area is 94.2 Å². The highest BCUT2D eigenvalue weighted by Gasteiger charge is 2.29. The van der Waals surface area contributed by atoms with E-state index in [0.29, 0.717) is 11.1 Å². The summed E-state index contributed by atoms with van der Waals surface area (Å²) in [5.41, 5.74) is 0.912. The van der Waals surface area contributed by atoms with Crippen molar-refractivity contribution in [2.45, 2.75) is 3.79 Å². The van der Waals surface area contributed by atoms with E-state index in [1.54, 1.807) is 6.07 Å². The van der Waals surface area contributed by atoms with Crippen molar-refractivity contribution in [3.63, 3.8) is 0 Å². The van der Waals surface area contributed by atoms with Gasteiger partial charge in [-0.05, 0) is 12.1 Å². The average molecular weight is 252 g/mol. The first kappa shape index (κ1) is 9.90. The molecule has 0 unspecified atom stereocenters. The van der Waals surface area contributed by atoms with Gasteiger partial charge >= 0.3 is 0 Å². The minimum Gasteiger partial charge on any atom is -0.508 e. The Morgan fingerprint density at radius 2 is 2.00 bits per heavy atom. The van der Waals surface area contributed by atoms with Gasteiger partial charge < -0.3 is 9.52 Å². The molecule has 0 saturated carbocycles. The van der Waals surface area contributed by atoms with E-state index < -0.39 is 3.79 Å². The maximum Gasteiger partial charge on any atom is 0.266 e. The maximum atomic E-state index is 9.16. The number of nitrogens with zero attached hydrogens (tertiary/aromatic N) is 1. The normalized spacial score (nSPS) is 12.2. The Kier molecular flexibility index (Phi) is 2.26. The Balaban J connectivity index is 2.63. The molecule has 74 valence electrons. The maximum absolute atomic E-state index is 9.16. The van der Waals surface area contributed by atoms with Gasteiger partial charge in [-0.1, -0.05) is 34.8 Å². The lowest BCUT2D eigenvalue weighted by Gasteiger charge is -2.02. The molecular weight excluding hydrogens is 248 g/mol. The molecule has 1 aromatic heterocycles. The Hall–Kier alpha value is -0.640. The van der Waals surface area contributed by atoms with E-state index in [9.17, 15) is 0 Å². The highest BCUT2D eigenvalue weighted by atomic mass is 35.6. The van der Waals surface area contributed by atoms with Gasteiger partial charge in [0.2, 0.25) is 5.89 Å². The van der Waals surface area contributed by atoms with Gasteiger partial charge in [-0.3, -0.25) is 0 Å². The molecule has 0 aliphatic rings. The summed E-state index contributed by atoms with van der Waals surface area (Å²) >= 11 is 16.7. The molecule has 0 fully saturated rings. The minimum absolute atomic E-state index is 0.0110. The molecule has 1 aromatic carbocycles. The van der Waals surface area contributed by atoms with Crippen LogP contribution < -0.4 is 0 Å². The predicted octanol–water partition coefficient (Wildman–Crippen LogP) is 3.36. The number of alkyl halides is 3. The van der Waals surface area contributed by atoms with E-state index in [-0.39, 0.29) is 11.6 Å². The first-order chi connectivity index (χ1) is 6.47. The third-order valence-corrected chi connectivity index (χ3v) is 2.10. The highest BCUT2D eigenvalue weighted by molar-refractivity contribution is 6.66.